The second-order valence-electron chi connectivity index (χ2n) is 8.70. The molecule has 1 amide bonds. The first-order chi connectivity index (χ1) is 14.5. The fourth-order valence-electron chi connectivity index (χ4n) is 5.23. The number of hydrogen-bond acceptors (Lipinski definition) is 4. The SMILES string of the molecule is Cc1c(Cl)ccc2c(C(=O)N3CCC[C@@]4(CCC[C@H]4O)C3)cc(-c3ccco3)nc12. The number of nitrogens with zero attached hydrogens (tertiary/aromatic N) is 2. The molecular formula is C24H25ClN2O3. The maximum absolute atomic E-state index is 13.7. The van der Waals surface area contributed by atoms with Crippen LogP contribution in [0.2, 0.25) is 5.02 Å². The minimum atomic E-state index is -0.318. The number of aliphatic hydroxyl groups is 1. The number of carbonyl (C=O) groups excluding carboxylic acids is 1. The summed E-state index contributed by atoms with van der Waals surface area (Å²) in [6.07, 6.45) is 6.04. The number of fused-ring (bicyclic) bond motifs is 1. The Morgan fingerprint density at radius 2 is 2.13 bits per heavy atom. The van der Waals surface area contributed by atoms with E-state index < -0.39 is 0 Å². The van der Waals surface area contributed by atoms with E-state index in [1.807, 2.05) is 42.2 Å². The lowest BCUT2D eigenvalue weighted by atomic mass is 9.76. The van der Waals surface area contributed by atoms with E-state index in [9.17, 15) is 9.90 Å². The van der Waals surface area contributed by atoms with Crippen LogP contribution in [0.5, 0.6) is 0 Å². The molecule has 0 bridgehead atoms. The Morgan fingerprint density at radius 3 is 2.87 bits per heavy atom. The molecule has 2 aromatic heterocycles. The third-order valence-electron chi connectivity index (χ3n) is 6.93. The van der Waals surface area contributed by atoms with E-state index in [0.717, 1.165) is 43.1 Å². The Morgan fingerprint density at radius 1 is 1.30 bits per heavy atom. The van der Waals surface area contributed by atoms with Crippen LogP contribution in [0.1, 0.15) is 48.0 Å². The Balaban J connectivity index is 1.60. The zero-order valence-corrected chi connectivity index (χ0v) is 17.8. The molecule has 2 atom stereocenters. The van der Waals surface area contributed by atoms with Gasteiger partial charge < -0.3 is 14.4 Å². The molecule has 5 nitrogen and oxygen atoms in total. The van der Waals surface area contributed by atoms with E-state index in [2.05, 4.69) is 0 Å². The van der Waals surface area contributed by atoms with Gasteiger partial charge in [0, 0.05) is 28.9 Å². The molecule has 2 aliphatic rings. The second kappa shape index (κ2) is 7.40. The van der Waals surface area contributed by atoms with Crippen LogP contribution in [0.25, 0.3) is 22.4 Å². The fraction of sp³-hybridized carbons (Fsp3) is 0.417. The van der Waals surface area contributed by atoms with Gasteiger partial charge in [-0.1, -0.05) is 24.1 Å². The quantitative estimate of drug-likeness (QED) is 0.612. The summed E-state index contributed by atoms with van der Waals surface area (Å²) in [5, 5.41) is 12.0. The number of likely N-dealkylation sites (tertiary alicyclic amines) is 1. The third-order valence-corrected chi connectivity index (χ3v) is 7.34. The molecule has 1 saturated carbocycles. The number of aromatic nitrogens is 1. The predicted molar refractivity (Wildman–Crippen MR) is 117 cm³/mol. The number of amides is 1. The molecular weight excluding hydrogens is 400 g/mol. The van der Waals surface area contributed by atoms with Crippen molar-refractivity contribution in [2.24, 2.45) is 5.41 Å². The van der Waals surface area contributed by atoms with Gasteiger partial charge in [-0.3, -0.25) is 4.79 Å². The van der Waals surface area contributed by atoms with Gasteiger partial charge in [-0.15, -0.1) is 0 Å². The molecule has 1 aliphatic carbocycles. The van der Waals surface area contributed by atoms with Crippen molar-refractivity contribution in [1.29, 1.82) is 0 Å². The molecule has 5 rings (SSSR count). The van der Waals surface area contributed by atoms with Crippen LogP contribution in [0.4, 0.5) is 0 Å². The molecule has 0 radical (unpaired) electrons. The molecule has 6 heteroatoms. The maximum atomic E-state index is 13.7. The lowest BCUT2D eigenvalue weighted by Gasteiger charge is -2.42. The normalized spacial score (nSPS) is 24.1. The third kappa shape index (κ3) is 3.12. The van der Waals surface area contributed by atoms with Crippen LogP contribution in [-0.4, -0.2) is 40.1 Å². The van der Waals surface area contributed by atoms with Gasteiger partial charge in [0.15, 0.2) is 5.76 Å². The number of carbonyl (C=O) groups is 1. The molecule has 0 unspecified atom stereocenters. The van der Waals surface area contributed by atoms with Crippen molar-refractivity contribution < 1.29 is 14.3 Å². The minimum Gasteiger partial charge on any atom is -0.463 e. The molecule has 1 aliphatic heterocycles. The highest BCUT2D eigenvalue weighted by Gasteiger charge is 2.45. The average Bonchev–Trinajstić information content (AvgIpc) is 3.41. The van der Waals surface area contributed by atoms with Gasteiger partial charge in [0.05, 0.1) is 23.4 Å². The van der Waals surface area contributed by atoms with Crippen molar-refractivity contribution >= 4 is 28.4 Å². The number of benzene rings is 1. The summed E-state index contributed by atoms with van der Waals surface area (Å²) in [5.41, 5.74) is 2.63. The first-order valence-corrected chi connectivity index (χ1v) is 11.0. The van der Waals surface area contributed by atoms with Gasteiger partial charge in [0.2, 0.25) is 0 Å². The molecule has 2 fully saturated rings. The molecule has 1 N–H and O–H groups in total. The fourth-order valence-corrected chi connectivity index (χ4v) is 5.38. The van der Waals surface area contributed by atoms with Crippen molar-refractivity contribution in [3.63, 3.8) is 0 Å². The lowest BCUT2D eigenvalue weighted by molar-refractivity contribution is -0.00529. The van der Waals surface area contributed by atoms with Crippen molar-refractivity contribution in [2.45, 2.75) is 45.1 Å². The van der Waals surface area contributed by atoms with Crippen LogP contribution in [0, 0.1) is 12.3 Å². The van der Waals surface area contributed by atoms with Crippen LogP contribution < -0.4 is 0 Å². The number of furan rings is 1. The summed E-state index contributed by atoms with van der Waals surface area (Å²) in [4.78, 5) is 20.4. The summed E-state index contributed by atoms with van der Waals surface area (Å²) < 4.78 is 5.56. The van der Waals surface area contributed by atoms with Crippen molar-refractivity contribution in [2.75, 3.05) is 13.1 Å². The zero-order chi connectivity index (χ0) is 20.9. The monoisotopic (exact) mass is 424 g/mol. The number of hydrogen-bond donors (Lipinski definition) is 1. The largest absolute Gasteiger partial charge is 0.463 e. The smallest absolute Gasteiger partial charge is 0.254 e. The first kappa shape index (κ1) is 19.6. The van der Waals surface area contributed by atoms with E-state index in [0.29, 0.717) is 40.6 Å². The molecule has 1 spiro atoms. The Bertz CT molecular complexity index is 1110. The number of aliphatic hydroxyl groups excluding tert-OH is 1. The van der Waals surface area contributed by atoms with E-state index in [4.69, 9.17) is 21.0 Å². The Hall–Kier alpha value is -2.37. The summed E-state index contributed by atoms with van der Waals surface area (Å²) in [7, 11) is 0. The molecule has 30 heavy (non-hydrogen) atoms. The van der Waals surface area contributed by atoms with E-state index in [1.54, 1.807) is 6.26 Å². The predicted octanol–water partition coefficient (Wildman–Crippen LogP) is 5.22. The Labute approximate surface area is 180 Å². The van der Waals surface area contributed by atoms with Crippen LogP contribution in [-0.2, 0) is 0 Å². The standard InChI is InChI=1S/C24H25ClN2O3/c1-15-18(25)8-7-16-17(13-19(26-22(15)16)20-5-3-12-30-20)23(29)27-11-4-10-24(14-27)9-2-6-21(24)28/h3,5,7-8,12-13,21,28H,2,4,6,9-11,14H2,1H3/t21-,24+/m1/s1. The number of aryl methyl sites for hydroxylation is 1. The zero-order valence-electron chi connectivity index (χ0n) is 17.0. The first-order valence-electron chi connectivity index (χ1n) is 10.6. The maximum Gasteiger partial charge on any atom is 0.254 e. The average molecular weight is 425 g/mol. The van der Waals surface area contributed by atoms with Crippen molar-refractivity contribution in [1.82, 2.24) is 9.88 Å². The van der Waals surface area contributed by atoms with Gasteiger partial charge in [0.25, 0.3) is 5.91 Å². The summed E-state index contributed by atoms with van der Waals surface area (Å²) in [6, 6.07) is 9.17. The minimum absolute atomic E-state index is 0.0184. The second-order valence-corrected chi connectivity index (χ2v) is 9.11. The molecule has 3 aromatic rings. The number of piperidine rings is 1. The van der Waals surface area contributed by atoms with Crippen molar-refractivity contribution in [3.8, 4) is 11.5 Å². The molecule has 156 valence electrons. The number of rotatable bonds is 2. The topological polar surface area (TPSA) is 66.6 Å². The van der Waals surface area contributed by atoms with Gasteiger partial charge >= 0.3 is 0 Å². The summed E-state index contributed by atoms with van der Waals surface area (Å²) in [6.45, 7) is 3.24. The Kier molecular flexibility index (Phi) is 4.83. The molecule has 1 saturated heterocycles. The molecule has 1 aromatic carbocycles. The van der Waals surface area contributed by atoms with Gasteiger partial charge in [0.1, 0.15) is 5.69 Å². The number of halogens is 1. The summed E-state index contributed by atoms with van der Waals surface area (Å²) in [5.74, 6) is 0.599. The van der Waals surface area contributed by atoms with Crippen molar-refractivity contribution in [3.05, 3.63) is 52.7 Å². The van der Waals surface area contributed by atoms with E-state index in [1.165, 1.54) is 0 Å². The molecule has 3 heterocycles. The van der Waals surface area contributed by atoms with Gasteiger partial charge in [-0.25, -0.2) is 4.98 Å². The summed E-state index contributed by atoms with van der Waals surface area (Å²) >= 11 is 6.36. The van der Waals surface area contributed by atoms with E-state index >= 15 is 0 Å². The highest BCUT2D eigenvalue weighted by Crippen LogP contribution is 2.45. The lowest BCUT2D eigenvalue weighted by Crippen LogP contribution is -2.49. The highest BCUT2D eigenvalue weighted by atomic mass is 35.5. The highest BCUT2D eigenvalue weighted by molar-refractivity contribution is 6.32. The van der Waals surface area contributed by atoms with Crippen LogP contribution in [0.15, 0.2) is 41.0 Å². The van der Waals surface area contributed by atoms with E-state index in [-0.39, 0.29) is 17.4 Å². The van der Waals surface area contributed by atoms with Crippen LogP contribution in [0.3, 0.4) is 0 Å². The van der Waals surface area contributed by atoms with Gasteiger partial charge in [-0.2, -0.15) is 0 Å². The van der Waals surface area contributed by atoms with Gasteiger partial charge in [-0.05, 0) is 62.4 Å². The number of pyridine rings is 1. The van der Waals surface area contributed by atoms with Crippen LogP contribution >= 0.6 is 11.6 Å².